The van der Waals surface area contributed by atoms with Gasteiger partial charge < -0.3 is 24.4 Å². The number of rotatable bonds is 7. The highest BCUT2D eigenvalue weighted by molar-refractivity contribution is 6.05. The lowest BCUT2D eigenvalue weighted by molar-refractivity contribution is -0.130. The van der Waals surface area contributed by atoms with Crippen LogP contribution in [0.2, 0.25) is 0 Å². The molecule has 1 aliphatic rings. The third-order valence-electron chi connectivity index (χ3n) is 5.58. The zero-order chi connectivity index (χ0) is 23.1. The first-order valence-electron chi connectivity index (χ1n) is 10.7. The van der Waals surface area contributed by atoms with E-state index < -0.39 is 0 Å². The number of methoxy groups -OCH3 is 3. The number of hydrogen-bond donors (Lipinski definition) is 1. The Kier molecular flexibility index (Phi) is 7.76. The van der Waals surface area contributed by atoms with Crippen molar-refractivity contribution in [2.24, 2.45) is 0 Å². The summed E-state index contributed by atoms with van der Waals surface area (Å²) < 4.78 is 16.2. The molecule has 0 aromatic heterocycles. The van der Waals surface area contributed by atoms with Gasteiger partial charge in [-0.2, -0.15) is 0 Å². The molecule has 1 fully saturated rings. The maximum Gasteiger partial charge on any atom is 0.270 e. The second-order valence-electron chi connectivity index (χ2n) is 7.68. The highest BCUT2D eigenvalue weighted by Gasteiger charge is 2.27. The number of likely N-dealkylation sites (tertiary alicyclic amines) is 1. The summed E-state index contributed by atoms with van der Waals surface area (Å²) in [4.78, 5) is 28.2. The van der Waals surface area contributed by atoms with Crippen LogP contribution in [0.15, 0.2) is 48.2 Å². The van der Waals surface area contributed by atoms with Crippen molar-refractivity contribution in [3.63, 3.8) is 0 Å². The van der Waals surface area contributed by atoms with E-state index in [1.807, 2.05) is 17.9 Å². The number of nitrogens with zero attached hydrogens (tertiary/aromatic N) is 1. The molecule has 0 spiro atoms. The fraction of sp³-hybridized carbons (Fsp3) is 0.360. The second-order valence-corrected chi connectivity index (χ2v) is 7.68. The average molecular weight is 439 g/mol. The lowest BCUT2D eigenvalue weighted by Crippen LogP contribution is -2.45. The predicted molar refractivity (Wildman–Crippen MR) is 123 cm³/mol. The van der Waals surface area contributed by atoms with Crippen LogP contribution in [-0.4, -0.2) is 50.6 Å². The Morgan fingerprint density at radius 2 is 1.66 bits per heavy atom. The Hall–Kier alpha value is -3.48. The number of hydrogen-bond acceptors (Lipinski definition) is 5. The molecular weight excluding hydrogens is 408 g/mol. The van der Waals surface area contributed by atoms with E-state index in [0.29, 0.717) is 34.9 Å². The summed E-state index contributed by atoms with van der Waals surface area (Å²) >= 11 is 0. The molecule has 0 aliphatic carbocycles. The minimum Gasteiger partial charge on any atom is -0.493 e. The third-order valence-corrected chi connectivity index (χ3v) is 5.58. The lowest BCUT2D eigenvalue weighted by Gasteiger charge is -2.34. The van der Waals surface area contributed by atoms with Crippen molar-refractivity contribution < 1.29 is 23.8 Å². The van der Waals surface area contributed by atoms with Gasteiger partial charge >= 0.3 is 0 Å². The van der Waals surface area contributed by atoms with Crippen molar-refractivity contribution in [1.82, 2.24) is 10.2 Å². The Bertz CT molecular complexity index is 962. The van der Waals surface area contributed by atoms with Gasteiger partial charge in [0.05, 0.1) is 21.3 Å². The zero-order valence-corrected chi connectivity index (χ0v) is 19.0. The Labute approximate surface area is 189 Å². The number of nitrogens with one attached hydrogen (secondary N) is 1. The minimum atomic E-state index is -0.345. The molecule has 2 aromatic rings. The molecule has 170 valence electrons. The van der Waals surface area contributed by atoms with Crippen LogP contribution in [0.4, 0.5) is 0 Å². The SMILES string of the molecule is COc1cc(/C=C(\NC(=O)c2ccccc2)C(=O)N2CCCCC2C)cc(OC)c1OC. The van der Waals surface area contributed by atoms with E-state index in [2.05, 4.69) is 5.32 Å². The number of carbonyl (C=O) groups excluding carboxylic acids is 2. The summed E-state index contributed by atoms with van der Waals surface area (Å²) in [5.41, 5.74) is 1.31. The van der Waals surface area contributed by atoms with Gasteiger partial charge in [-0.25, -0.2) is 0 Å². The smallest absolute Gasteiger partial charge is 0.270 e. The molecule has 1 unspecified atom stereocenters. The maximum atomic E-state index is 13.5. The Balaban J connectivity index is 2.02. The fourth-order valence-corrected chi connectivity index (χ4v) is 3.84. The number of carbonyl (C=O) groups is 2. The number of benzene rings is 2. The quantitative estimate of drug-likeness (QED) is 0.664. The van der Waals surface area contributed by atoms with Gasteiger partial charge in [-0.05, 0) is 62.1 Å². The van der Waals surface area contributed by atoms with Gasteiger partial charge in [-0.3, -0.25) is 9.59 Å². The van der Waals surface area contributed by atoms with Gasteiger partial charge in [-0.1, -0.05) is 18.2 Å². The standard InChI is InChI=1S/C25H30N2O5/c1-17-10-8-9-13-27(17)25(29)20(26-24(28)19-11-6-5-7-12-19)14-18-15-21(30-2)23(32-4)22(16-18)31-3/h5-7,11-12,14-17H,8-10,13H2,1-4H3,(H,26,28)/b20-14-. The van der Waals surface area contributed by atoms with Crippen LogP contribution in [0.1, 0.15) is 42.1 Å². The number of amides is 2. The lowest BCUT2D eigenvalue weighted by atomic mass is 10.0. The van der Waals surface area contributed by atoms with Gasteiger partial charge in [0.2, 0.25) is 5.75 Å². The molecule has 2 amide bonds. The maximum absolute atomic E-state index is 13.5. The second kappa shape index (κ2) is 10.7. The molecule has 1 N–H and O–H groups in total. The first kappa shape index (κ1) is 23.2. The van der Waals surface area contributed by atoms with E-state index >= 15 is 0 Å². The van der Waals surface area contributed by atoms with Gasteiger partial charge in [-0.15, -0.1) is 0 Å². The molecule has 1 aliphatic heterocycles. The highest BCUT2D eigenvalue weighted by Crippen LogP contribution is 2.38. The molecule has 7 heteroatoms. The van der Waals surface area contributed by atoms with E-state index in [-0.39, 0.29) is 23.6 Å². The van der Waals surface area contributed by atoms with Crippen LogP contribution in [0.3, 0.4) is 0 Å². The van der Waals surface area contributed by atoms with Crippen LogP contribution in [0.25, 0.3) is 6.08 Å². The van der Waals surface area contributed by atoms with Gasteiger partial charge in [0, 0.05) is 18.2 Å². The first-order valence-corrected chi connectivity index (χ1v) is 10.7. The van der Waals surface area contributed by atoms with E-state index in [4.69, 9.17) is 14.2 Å². The zero-order valence-electron chi connectivity index (χ0n) is 19.0. The topological polar surface area (TPSA) is 77.1 Å². The van der Waals surface area contributed by atoms with Crippen LogP contribution >= 0.6 is 0 Å². The minimum absolute atomic E-state index is 0.105. The number of ether oxygens (including phenoxy) is 3. The molecule has 0 bridgehead atoms. The van der Waals surface area contributed by atoms with Gasteiger partial charge in [0.1, 0.15) is 5.70 Å². The molecule has 0 saturated carbocycles. The van der Waals surface area contributed by atoms with Gasteiger partial charge in [0.25, 0.3) is 11.8 Å². The van der Waals surface area contributed by atoms with Crippen molar-refractivity contribution in [2.45, 2.75) is 32.2 Å². The summed E-state index contributed by atoms with van der Waals surface area (Å²) in [7, 11) is 4.59. The molecule has 32 heavy (non-hydrogen) atoms. The molecule has 1 heterocycles. The van der Waals surface area contributed by atoms with Crippen LogP contribution in [-0.2, 0) is 4.79 Å². The highest BCUT2D eigenvalue weighted by atomic mass is 16.5. The van der Waals surface area contributed by atoms with Crippen LogP contribution in [0, 0.1) is 0 Å². The summed E-state index contributed by atoms with van der Waals surface area (Å²) in [6.45, 7) is 2.70. The largest absolute Gasteiger partial charge is 0.493 e. The van der Waals surface area contributed by atoms with E-state index in [1.54, 1.807) is 42.5 Å². The molecule has 2 aromatic carbocycles. The normalized spacial score (nSPS) is 16.3. The van der Waals surface area contributed by atoms with Crippen molar-refractivity contribution in [3.05, 3.63) is 59.3 Å². The fourth-order valence-electron chi connectivity index (χ4n) is 3.84. The summed E-state index contributed by atoms with van der Waals surface area (Å²) in [5.74, 6) is 0.826. The first-order chi connectivity index (χ1) is 15.5. The van der Waals surface area contributed by atoms with E-state index in [1.165, 1.54) is 21.3 Å². The number of piperidine rings is 1. The summed E-state index contributed by atoms with van der Waals surface area (Å²) in [6.07, 6.45) is 4.62. The van der Waals surface area contributed by atoms with Crippen molar-refractivity contribution in [1.29, 1.82) is 0 Å². The summed E-state index contributed by atoms with van der Waals surface area (Å²) in [6, 6.07) is 12.4. The molecule has 0 radical (unpaired) electrons. The van der Waals surface area contributed by atoms with Crippen molar-refractivity contribution in [2.75, 3.05) is 27.9 Å². The van der Waals surface area contributed by atoms with E-state index in [9.17, 15) is 9.59 Å². The molecule has 3 rings (SSSR count). The predicted octanol–water partition coefficient (Wildman–Crippen LogP) is 3.88. The molecule has 1 saturated heterocycles. The molecule has 7 nitrogen and oxygen atoms in total. The van der Waals surface area contributed by atoms with Crippen molar-refractivity contribution >= 4 is 17.9 Å². The Morgan fingerprint density at radius 3 is 2.22 bits per heavy atom. The average Bonchev–Trinajstić information content (AvgIpc) is 2.83. The van der Waals surface area contributed by atoms with Gasteiger partial charge in [0.15, 0.2) is 11.5 Å². The molecule has 1 atom stereocenters. The van der Waals surface area contributed by atoms with Crippen LogP contribution < -0.4 is 19.5 Å². The third kappa shape index (κ3) is 5.22. The van der Waals surface area contributed by atoms with E-state index in [0.717, 1.165) is 19.3 Å². The van der Waals surface area contributed by atoms with Crippen molar-refractivity contribution in [3.8, 4) is 17.2 Å². The Morgan fingerprint density at radius 1 is 1.00 bits per heavy atom. The van der Waals surface area contributed by atoms with Crippen LogP contribution in [0.5, 0.6) is 17.2 Å². The summed E-state index contributed by atoms with van der Waals surface area (Å²) in [5, 5.41) is 2.82. The molecular formula is C25H30N2O5. The monoisotopic (exact) mass is 438 g/mol.